The summed E-state index contributed by atoms with van der Waals surface area (Å²) >= 11 is 5.91. The van der Waals surface area contributed by atoms with Crippen LogP contribution in [0.3, 0.4) is 0 Å². The summed E-state index contributed by atoms with van der Waals surface area (Å²) in [7, 11) is 0. The molecule has 0 saturated heterocycles. The van der Waals surface area contributed by atoms with E-state index < -0.39 is 5.69 Å². The van der Waals surface area contributed by atoms with Gasteiger partial charge in [0.15, 0.2) is 0 Å². The highest BCUT2D eigenvalue weighted by Gasteiger charge is 2.25. The molecule has 0 spiro atoms. The molecule has 1 aliphatic heterocycles. The second-order valence-corrected chi connectivity index (χ2v) is 5.86. The number of nitrogens with zero attached hydrogens (tertiary/aromatic N) is 4. The van der Waals surface area contributed by atoms with Gasteiger partial charge in [-0.1, -0.05) is 29.8 Å². The monoisotopic (exact) mass is 340 g/mol. The second kappa shape index (κ2) is 5.65. The van der Waals surface area contributed by atoms with Crippen molar-refractivity contribution in [1.82, 2.24) is 14.1 Å². The topological polar surface area (TPSA) is 60.1 Å². The lowest BCUT2D eigenvalue weighted by molar-refractivity contribution is 0.672. The van der Waals surface area contributed by atoms with Crippen LogP contribution < -0.4 is 16.3 Å². The highest BCUT2D eigenvalue weighted by molar-refractivity contribution is 6.30. The van der Waals surface area contributed by atoms with E-state index in [9.17, 15) is 9.59 Å². The average molecular weight is 341 g/mol. The molecule has 0 aliphatic carbocycles. The Morgan fingerprint density at radius 1 is 0.875 bits per heavy atom. The van der Waals surface area contributed by atoms with Crippen molar-refractivity contribution in [3.05, 3.63) is 80.6 Å². The number of hydrogen-bond donors (Lipinski definition) is 0. The van der Waals surface area contributed by atoms with Crippen molar-refractivity contribution in [3.8, 4) is 5.69 Å². The van der Waals surface area contributed by atoms with Crippen molar-refractivity contribution in [1.29, 1.82) is 0 Å². The molecule has 0 radical (unpaired) electrons. The molecule has 24 heavy (non-hydrogen) atoms. The maximum atomic E-state index is 12.8. The number of halogens is 1. The van der Waals surface area contributed by atoms with Gasteiger partial charge < -0.3 is 4.90 Å². The van der Waals surface area contributed by atoms with E-state index in [2.05, 4.69) is 4.98 Å². The molecule has 0 N–H and O–H groups in total. The van der Waals surface area contributed by atoms with Gasteiger partial charge in [-0.25, -0.2) is 14.2 Å². The van der Waals surface area contributed by atoms with Crippen molar-refractivity contribution >= 4 is 23.2 Å². The van der Waals surface area contributed by atoms with Crippen LogP contribution in [0.25, 0.3) is 5.69 Å². The lowest BCUT2D eigenvalue weighted by Gasteiger charge is -2.17. The zero-order chi connectivity index (χ0) is 16.7. The fourth-order valence-electron chi connectivity index (χ4n) is 2.85. The molecule has 7 heteroatoms. The average Bonchev–Trinajstić information content (AvgIpc) is 3.00. The minimum absolute atomic E-state index is 0.361. The number of hydrogen-bond acceptors (Lipinski definition) is 4. The van der Waals surface area contributed by atoms with Gasteiger partial charge in [-0.05, 0) is 36.4 Å². The Labute approximate surface area is 142 Å². The van der Waals surface area contributed by atoms with Crippen LogP contribution in [-0.4, -0.2) is 20.7 Å². The van der Waals surface area contributed by atoms with Crippen LogP contribution in [0.4, 0.5) is 11.6 Å². The van der Waals surface area contributed by atoms with Crippen LogP contribution in [0.15, 0.2) is 64.2 Å². The summed E-state index contributed by atoms with van der Waals surface area (Å²) < 4.78 is 2.61. The minimum Gasteiger partial charge on any atom is -0.310 e. The molecule has 0 fully saturated rings. The van der Waals surface area contributed by atoms with E-state index in [1.807, 2.05) is 23.1 Å². The SMILES string of the molecule is O=c1nc2n(c(=O)n1-c1ccccc1)CCN2c1ccc(Cl)cc1. The quantitative estimate of drug-likeness (QED) is 0.717. The molecule has 0 bridgehead atoms. The lowest BCUT2D eigenvalue weighted by atomic mass is 10.3. The van der Waals surface area contributed by atoms with Gasteiger partial charge in [0.2, 0.25) is 5.95 Å². The van der Waals surface area contributed by atoms with Gasteiger partial charge in [-0.3, -0.25) is 4.57 Å². The van der Waals surface area contributed by atoms with Gasteiger partial charge in [-0.15, -0.1) is 0 Å². The summed E-state index contributed by atoms with van der Waals surface area (Å²) in [6.07, 6.45) is 0. The highest BCUT2D eigenvalue weighted by atomic mass is 35.5. The Balaban J connectivity index is 1.86. The molecular formula is C17H13ClN4O2. The third-order valence-corrected chi connectivity index (χ3v) is 4.24. The van der Waals surface area contributed by atoms with Gasteiger partial charge in [-0.2, -0.15) is 4.98 Å². The van der Waals surface area contributed by atoms with E-state index in [4.69, 9.17) is 11.6 Å². The molecule has 0 saturated carbocycles. The van der Waals surface area contributed by atoms with Crippen molar-refractivity contribution in [3.63, 3.8) is 0 Å². The summed E-state index contributed by atoms with van der Waals surface area (Å²) in [5, 5.41) is 0.628. The summed E-state index contributed by atoms with van der Waals surface area (Å²) in [5.74, 6) is 0.361. The molecule has 0 atom stereocenters. The molecular weight excluding hydrogens is 328 g/mol. The van der Waals surface area contributed by atoms with Crippen molar-refractivity contribution < 1.29 is 0 Å². The molecule has 2 heterocycles. The number of rotatable bonds is 2. The van der Waals surface area contributed by atoms with Crippen molar-refractivity contribution in [2.45, 2.75) is 6.54 Å². The van der Waals surface area contributed by atoms with Crippen LogP contribution in [0.2, 0.25) is 5.02 Å². The van der Waals surface area contributed by atoms with Crippen LogP contribution in [-0.2, 0) is 6.54 Å². The molecule has 6 nitrogen and oxygen atoms in total. The largest absolute Gasteiger partial charge is 0.359 e. The first-order valence-electron chi connectivity index (χ1n) is 7.47. The molecule has 1 aliphatic rings. The molecule has 2 aromatic carbocycles. The smallest absolute Gasteiger partial charge is 0.310 e. The van der Waals surface area contributed by atoms with E-state index in [0.717, 1.165) is 10.3 Å². The van der Waals surface area contributed by atoms with Crippen LogP contribution in [0.5, 0.6) is 0 Å². The van der Waals surface area contributed by atoms with Crippen LogP contribution >= 0.6 is 11.6 Å². The van der Waals surface area contributed by atoms with Crippen LogP contribution in [0, 0.1) is 0 Å². The third-order valence-electron chi connectivity index (χ3n) is 3.99. The van der Waals surface area contributed by atoms with E-state index in [1.165, 1.54) is 4.57 Å². The molecule has 3 aromatic rings. The van der Waals surface area contributed by atoms with Gasteiger partial charge in [0.25, 0.3) is 0 Å². The maximum absolute atomic E-state index is 12.8. The third kappa shape index (κ3) is 2.32. The fraction of sp³-hybridized carbons (Fsp3) is 0.118. The zero-order valence-electron chi connectivity index (χ0n) is 12.6. The number of benzene rings is 2. The predicted octanol–water partition coefficient (Wildman–Crippen LogP) is 2.20. The minimum atomic E-state index is -0.585. The van der Waals surface area contributed by atoms with Crippen molar-refractivity contribution in [2.24, 2.45) is 0 Å². The molecule has 0 amide bonds. The summed E-state index contributed by atoms with van der Waals surface area (Å²) in [4.78, 5) is 31.1. The first-order valence-corrected chi connectivity index (χ1v) is 7.85. The molecule has 120 valence electrons. The Morgan fingerprint density at radius 3 is 2.29 bits per heavy atom. The molecule has 0 unspecified atom stereocenters. The molecule has 4 rings (SSSR count). The normalized spacial score (nSPS) is 13.1. The van der Waals surface area contributed by atoms with E-state index in [0.29, 0.717) is 29.7 Å². The number of para-hydroxylation sites is 1. The van der Waals surface area contributed by atoms with E-state index in [-0.39, 0.29) is 5.69 Å². The first kappa shape index (κ1) is 14.7. The second-order valence-electron chi connectivity index (χ2n) is 5.43. The molecule has 1 aromatic heterocycles. The number of anilines is 2. The van der Waals surface area contributed by atoms with E-state index in [1.54, 1.807) is 36.4 Å². The van der Waals surface area contributed by atoms with E-state index >= 15 is 0 Å². The fourth-order valence-corrected chi connectivity index (χ4v) is 2.98. The zero-order valence-corrected chi connectivity index (χ0v) is 13.3. The summed E-state index contributed by atoms with van der Waals surface area (Å²) in [6, 6.07) is 16.0. The van der Waals surface area contributed by atoms with Gasteiger partial charge in [0.1, 0.15) is 0 Å². The Kier molecular flexibility index (Phi) is 3.46. The van der Waals surface area contributed by atoms with Gasteiger partial charge in [0, 0.05) is 23.8 Å². The van der Waals surface area contributed by atoms with Gasteiger partial charge in [0.05, 0.1) is 5.69 Å². The standard InChI is InChI=1S/C17H13ClN4O2/c18-12-6-8-13(9-7-12)20-10-11-21-15(20)19-16(23)22(17(21)24)14-4-2-1-3-5-14/h1-9H,10-11H2. The number of aromatic nitrogens is 3. The Morgan fingerprint density at radius 2 is 1.58 bits per heavy atom. The Hall–Kier alpha value is -2.86. The van der Waals surface area contributed by atoms with Gasteiger partial charge >= 0.3 is 11.4 Å². The summed E-state index contributed by atoms with van der Waals surface area (Å²) in [5.41, 5.74) is 0.389. The lowest BCUT2D eigenvalue weighted by Crippen LogP contribution is -2.40. The summed E-state index contributed by atoms with van der Waals surface area (Å²) in [6.45, 7) is 1.04. The Bertz CT molecular complexity index is 1010. The predicted molar refractivity (Wildman–Crippen MR) is 92.6 cm³/mol. The van der Waals surface area contributed by atoms with Crippen LogP contribution in [0.1, 0.15) is 0 Å². The number of fused-ring (bicyclic) bond motifs is 1. The maximum Gasteiger partial charge on any atom is 0.359 e. The van der Waals surface area contributed by atoms with Crippen molar-refractivity contribution in [2.75, 3.05) is 11.4 Å². The first-order chi connectivity index (χ1) is 11.6. The highest BCUT2D eigenvalue weighted by Crippen LogP contribution is 2.27.